The van der Waals surface area contributed by atoms with Crippen LogP contribution in [0.15, 0.2) is 42.7 Å². The molecule has 1 aromatic heterocycles. The number of aromatic nitrogens is 2. The fraction of sp³-hybridized carbons (Fsp3) is 0.176. The maximum Gasteiger partial charge on any atom is 0.416 e. The average Bonchev–Trinajstić information content (AvgIpc) is 3.18. The zero-order valence-corrected chi connectivity index (χ0v) is 13.0. The van der Waals surface area contributed by atoms with Crippen molar-refractivity contribution in [1.29, 1.82) is 0 Å². The largest absolute Gasteiger partial charge is 0.447 e. The molecule has 9 heteroatoms. The summed E-state index contributed by atoms with van der Waals surface area (Å²) in [4.78, 5) is 20.3. The summed E-state index contributed by atoms with van der Waals surface area (Å²) in [5, 5.41) is 0. The van der Waals surface area contributed by atoms with Crippen molar-refractivity contribution >= 4 is 22.8 Å². The van der Waals surface area contributed by atoms with Gasteiger partial charge in [0.25, 0.3) is 0 Å². The highest BCUT2D eigenvalue weighted by Crippen LogP contribution is 2.37. The van der Waals surface area contributed by atoms with Crippen molar-refractivity contribution in [1.82, 2.24) is 9.97 Å². The minimum absolute atomic E-state index is 0.00730. The first-order valence-electron chi connectivity index (χ1n) is 7.60. The van der Waals surface area contributed by atoms with Crippen LogP contribution in [0.3, 0.4) is 0 Å². The van der Waals surface area contributed by atoms with Crippen LogP contribution in [0, 0.1) is 5.82 Å². The molecule has 0 saturated carbocycles. The molecule has 0 radical (unpaired) electrons. The normalized spacial score (nSPS) is 17.8. The number of nitrogens with zero attached hydrogens (tertiary/aromatic N) is 2. The molecule has 0 bridgehead atoms. The number of fused-ring (bicyclic) bond motifs is 1. The number of nitrogens with one attached hydrogen (secondary N) is 1. The Morgan fingerprint density at radius 1 is 1.19 bits per heavy atom. The second kappa shape index (κ2) is 5.72. The number of ether oxygens (including phenoxy) is 1. The van der Waals surface area contributed by atoms with Gasteiger partial charge < -0.3 is 9.72 Å². The van der Waals surface area contributed by atoms with Crippen molar-refractivity contribution < 1.29 is 27.1 Å². The van der Waals surface area contributed by atoms with Gasteiger partial charge in [0.15, 0.2) is 0 Å². The third kappa shape index (κ3) is 2.75. The summed E-state index contributed by atoms with van der Waals surface area (Å²) >= 11 is 0. The van der Waals surface area contributed by atoms with E-state index in [9.17, 15) is 22.4 Å². The number of carbonyl (C=O) groups is 1. The molecule has 26 heavy (non-hydrogen) atoms. The van der Waals surface area contributed by atoms with Gasteiger partial charge in [-0.25, -0.2) is 14.2 Å². The quantitative estimate of drug-likeness (QED) is 0.684. The summed E-state index contributed by atoms with van der Waals surface area (Å²) in [5.74, 6) is -1.03. The summed E-state index contributed by atoms with van der Waals surface area (Å²) < 4.78 is 57.7. The Morgan fingerprint density at radius 3 is 2.77 bits per heavy atom. The monoisotopic (exact) mass is 365 g/mol. The first-order valence-corrected chi connectivity index (χ1v) is 7.60. The van der Waals surface area contributed by atoms with Gasteiger partial charge in [-0.15, -0.1) is 0 Å². The van der Waals surface area contributed by atoms with Crippen LogP contribution in [0.2, 0.25) is 0 Å². The van der Waals surface area contributed by atoms with Crippen LogP contribution in [-0.4, -0.2) is 22.7 Å². The van der Waals surface area contributed by atoms with Crippen LogP contribution in [0.4, 0.5) is 28.0 Å². The molecule has 1 unspecified atom stereocenters. The van der Waals surface area contributed by atoms with Gasteiger partial charge in [-0.1, -0.05) is 0 Å². The molecule has 0 aliphatic carbocycles. The van der Waals surface area contributed by atoms with Crippen LogP contribution < -0.4 is 4.90 Å². The molecule has 4 rings (SSSR count). The molecule has 1 atom stereocenters. The number of cyclic esters (lactones) is 1. The fourth-order valence-corrected chi connectivity index (χ4v) is 2.99. The van der Waals surface area contributed by atoms with Gasteiger partial charge in [0.1, 0.15) is 12.4 Å². The number of carbonyl (C=O) groups excluding carboxylic acids is 1. The molecule has 1 N–H and O–H groups in total. The Hall–Kier alpha value is -3.10. The van der Waals surface area contributed by atoms with Crippen molar-refractivity contribution in [2.75, 3.05) is 11.5 Å². The number of H-pyrrole nitrogens is 1. The molecule has 1 amide bonds. The number of anilines is 1. The molecule has 1 aliphatic rings. The third-order valence-corrected chi connectivity index (χ3v) is 4.19. The minimum atomic E-state index is -4.69. The first-order chi connectivity index (χ1) is 12.3. The lowest BCUT2D eigenvalue weighted by Gasteiger charge is -2.22. The minimum Gasteiger partial charge on any atom is -0.447 e. The number of alkyl halides is 3. The lowest BCUT2D eigenvalue weighted by atomic mass is 10.0. The number of hydrogen-bond acceptors (Lipinski definition) is 3. The van der Waals surface area contributed by atoms with Crippen molar-refractivity contribution in [2.45, 2.75) is 12.2 Å². The first kappa shape index (κ1) is 16.4. The number of aromatic amines is 1. The zero-order chi connectivity index (χ0) is 18.5. The summed E-state index contributed by atoms with van der Waals surface area (Å²) in [6, 6.07) is 6.25. The predicted octanol–water partition coefficient (Wildman–Crippen LogP) is 4.42. The second-order valence-electron chi connectivity index (χ2n) is 5.84. The van der Waals surface area contributed by atoms with Crippen LogP contribution in [0.1, 0.15) is 17.2 Å². The van der Waals surface area contributed by atoms with Crippen molar-refractivity contribution in [3.63, 3.8) is 0 Å². The van der Waals surface area contributed by atoms with Crippen LogP contribution >= 0.6 is 0 Å². The van der Waals surface area contributed by atoms with Crippen molar-refractivity contribution in [3.05, 3.63) is 59.7 Å². The molecule has 2 aromatic carbocycles. The summed E-state index contributed by atoms with van der Waals surface area (Å²) in [7, 11) is 0. The van der Waals surface area contributed by atoms with E-state index >= 15 is 0 Å². The highest BCUT2D eigenvalue weighted by Gasteiger charge is 2.38. The number of rotatable bonds is 2. The Balaban J connectivity index is 1.78. The van der Waals surface area contributed by atoms with E-state index in [4.69, 9.17) is 4.74 Å². The molecule has 0 spiro atoms. The summed E-state index contributed by atoms with van der Waals surface area (Å²) in [6.07, 6.45) is -3.93. The Bertz CT molecular complexity index is 999. The molecule has 1 saturated heterocycles. The maximum atomic E-state index is 13.7. The highest BCUT2D eigenvalue weighted by molar-refractivity contribution is 5.93. The van der Waals surface area contributed by atoms with E-state index < -0.39 is 29.7 Å². The zero-order valence-electron chi connectivity index (χ0n) is 13.0. The van der Waals surface area contributed by atoms with E-state index in [0.717, 1.165) is 12.1 Å². The van der Waals surface area contributed by atoms with Crippen LogP contribution in [-0.2, 0) is 10.9 Å². The van der Waals surface area contributed by atoms with Gasteiger partial charge in [0.2, 0.25) is 0 Å². The number of hydrogen-bond donors (Lipinski definition) is 1. The number of amides is 1. The van der Waals surface area contributed by atoms with Crippen molar-refractivity contribution in [2.24, 2.45) is 0 Å². The standard InChI is InChI=1S/C17H11F4N3O2/c18-11-4-9(3-10(5-11)17(19,20)21)15-7-26-16(25)24(15)12-1-2-13-14(6-12)23-8-22-13/h1-6,8,15H,7H2,(H,22,23). The van der Waals surface area contributed by atoms with E-state index in [1.807, 2.05) is 0 Å². The molecule has 1 fully saturated rings. The molecular weight excluding hydrogens is 354 g/mol. The third-order valence-electron chi connectivity index (χ3n) is 4.19. The molecule has 3 aromatic rings. The predicted molar refractivity (Wildman–Crippen MR) is 84.1 cm³/mol. The lowest BCUT2D eigenvalue weighted by molar-refractivity contribution is -0.137. The van der Waals surface area contributed by atoms with Crippen LogP contribution in [0.5, 0.6) is 0 Å². The molecule has 134 valence electrons. The van der Waals surface area contributed by atoms with Gasteiger partial charge >= 0.3 is 12.3 Å². The Morgan fingerprint density at radius 2 is 2.00 bits per heavy atom. The lowest BCUT2D eigenvalue weighted by Crippen LogP contribution is -2.27. The maximum absolute atomic E-state index is 13.7. The average molecular weight is 365 g/mol. The summed E-state index contributed by atoms with van der Waals surface area (Å²) in [5.41, 5.74) is 0.620. The molecular formula is C17H11F4N3O2. The van der Waals surface area contributed by atoms with E-state index in [0.29, 0.717) is 22.8 Å². The van der Waals surface area contributed by atoms with E-state index in [-0.39, 0.29) is 12.2 Å². The number of benzene rings is 2. The van der Waals surface area contributed by atoms with E-state index in [2.05, 4.69) is 9.97 Å². The Labute approximate surface area is 144 Å². The van der Waals surface area contributed by atoms with Gasteiger partial charge in [0, 0.05) is 0 Å². The Kier molecular flexibility index (Phi) is 3.60. The smallest absolute Gasteiger partial charge is 0.416 e. The van der Waals surface area contributed by atoms with E-state index in [1.54, 1.807) is 18.2 Å². The van der Waals surface area contributed by atoms with Gasteiger partial charge in [-0.2, -0.15) is 13.2 Å². The summed E-state index contributed by atoms with van der Waals surface area (Å²) in [6.45, 7) is -0.180. The highest BCUT2D eigenvalue weighted by atomic mass is 19.4. The molecule has 1 aliphatic heterocycles. The number of halogens is 4. The van der Waals surface area contributed by atoms with Gasteiger partial charge in [-0.05, 0) is 42.0 Å². The van der Waals surface area contributed by atoms with Gasteiger partial charge in [0.05, 0.1) is 34.7 Å². The van der Waals surface area contributed by atoms with E-state index in [1.165, 1.54) is 11.2 Å². The molecule has 5 nitrogen and oxygen atoms in total. The van der Waals surface area contributed by atoms with Crippen molar-refractivity contribution in [3.8, 4) is 0 Å². The topological polar surface area (TPSA) is 58.2 Å². The SMILES string of the molecule is O=C1OCC(c2cc(F)cc(C(F)(F)F)c2)N1c1ccc2nc[nH]c2c1. The fourth-order valence-electron chi connectivity index (χ4n) is 2.99. The second-order valence-corrected chi connectivity index (χ2v) is 5.84. The van der Waals surface area contributed by atoms with Gasteiger partial charge in [-0.3, -0.25) is 4.90 Å². The van der Waals surface area contributed by atoms with Crippen LogP contribution in [0.25, 0.3) is 11.0 Å². The molecule has 2 heterocycles. The number of imidazole rings is 1.